The number of hydrogen-bond acceptors (Lipinski definition) is 4. The number of imide groups is 1. The minimum atomic E-state index is -0.333. The van der Waals surface area contributed by atoms with E-state index >= 15 is 0 Å². The van der Waals surface area contributed by atoms with Crippen LogP contribution in [-0.4, -0.2) is 33.8 Å². The van der Waals surface area contributed by atoms with E-state index in [0.717, 1.165) is 18.4 Å². The van der Waals surface area contributed by atoms with Gasteiger partial charge in [0.05, 0.1) is 30.6 Å². The number of anilines is 1. The number of amides is 2. The maximum Gasteiger partial charge on any atom is 0.241 e. The lowest BCUT2D eigenvalue weighted by molar-refractivity contribution is -0.124. The summed E-state index contributed by atoms with van der Waals surface area (Å²) in [5.74, 6) is -0.633. The van der Waals surface area contributed by atoms with Crippen molar-refractivity contribution in [2.45, 2.75) is 31.6 Å². The van der Waals surface area contributed by atoms with Crippen LogP contribution in [0.4, 0.5) is 5.82 Å². The minimum absolute atomic E-state index is 0.110. The Kier molecular flexibility index (Phi) is 3.27. The fourth-order valence-electron chi connectivity index (χ4n) is 4.30. The van der Waals surface area contributed by atoms with Gasteiger partial charge in [-0.1, -0.05) is 29.8 Å². The molecule has 4 heterocycles. The number of hydrogen-bond donors (Lipinski definition) is 0. The second-order valence-electron chi connectivity index (χ2n) is 6.82. The van der Waals surface area contributed by atoms with Crippen molar-refractivity contribution in [3.8, 4) is 0 Å². The van der Waals surface area contributed by atoms with Crippen molar-refractivity contribution in [3.05, 3.63) is 47.1 Å². The van der Waals surface area contributed by atoms with Gasteiger partial charge in [-0.3, -0.25) is 14.3 Å². The highest BCUT2D eigenvalue weighted by molar-refractivity contribution is 6.31. The summed E-state index contributed by atoms with van der Waals surface area (Å²) >= 11 is 6.18. The number of rotatable bonds is 3. The number of ether oxygens (including phenoxy) is 1. The largest absolute Gasteiger partial charge is 0.373 e. The van der Waals surface area contributed by atoms with Gasteiger partial charge in [0.15, 0.2) is 5.82 Å². The van der Waals surface area contributed by atoms with Crippen molar-refractivity contribution >= 4 is 29.2 Å². The number of carbonyl (C=O) groups excluding carboxylic acids is 2. The van der Waals surface area contributed by atoms with Crippen molar-refractivity contribution in [1.82, 2.24) is 9.78 Å². The number of aromatic nitrogens is 2. The number of carbonyl (C=O) groups is 2. The first-order valence-electron chi connectivity index (χ1n) is 8.43. The molecule has 0 N–H and O–H groups in total. The molecule has 0 radical (unpaired) electrons. The number of benzene rings is 1. The molecule has 5 rings (SSSR count). The minimum Gasteiger partial charge on any atom is -0.373 e. The van der Waals surface area contributed by atoms with E-state index in [4.69, 9.17) is 16.3 Å². The van der Waals surface area contributed by atoms with Crippen LogP contribution in [0.3, 0.4) is 0 Å². The van der Waals surface area contributed by atoms with Crippen molar-refractivity contribution in [2.24, 2.45) is 11.8 Å². The zero-order valence-electron chi connectivity index (χ0n) is 13.3. The summed E-state index contributed by atoms with van der Waals surface area (Å²) in [6, 6.07) is 9.24. The van der Waals surface area contributed by atoms with Crippen molar-refractivity contribution in [3.63, 3.8) is 0 Å². The molecule has 25 heavy (non-hydrogen) atoms. The van der Waals surface area contributed by atoms with Gasteiger partial charge in [0.1, 0.15) is 0 Å². The van der Waals surface area contributed by atoms with Gasteiger partial charge in [-0.15, -0.1) is 0 Å². The first-order valence-corrected chi connectivity index (χ1v) is 8.81. The second-order valence-corrected chi connectivity index (χ2v) is 7.22. The Hall–Kier alpha value is -2.18. The standard InChI is InChI=1S/C18H16ClN3O3/c19-11-4-2-1-3-10(11)9-21-8-7-14(20-21)22-17(23)15-12-5-6-13(25-12)16(15)18(22)24/h1-4,7-8,12-13,15-16H,5-6,9H2/t12-,13-,15-,16-/m1/s1. The van der Waals surface area contributed by atoms with Gasteiger partial charge in [-0.2, -0.15) is 5.10 Å². The van der Waals surface area contributed by atoms with Crippen LogP contribution in [0.2, 0.25) is 5.02 Å². The second kappa shape index (κ2) is 5.41. The average molecular weight is 358 g/mol. The van der Waals surface area contributed by atoms with Gasteiger partial charge in [0.2, 0.25) is 11.8 Å². The SMILES string of the molecule is O=C1[C@H]2[C@H](C(=O)N1c1ccn(Cc3ccccc3Cl)n1)[C@H]1CC[C@H]2O1. The lowest BCUT2D eigenvalue weighted by Crippen LogP contribution is -2.34. The van der Waals surface area contributed by atoms with Gasteiger partial charge in [0, 0.05) is 17.3 Å². The number of halogens is 1. The van der Waals surface area contributed by atoms with E-state index in [9.17, 15) is 9.59 Å². The van der Waals surface area contributed by atoms with Gasteiger partial charge in [0.25, 0.3) is 0 Å². The van der Waals surface area contributed by atoms with Crippen molar-refractivity contribution in [2.75, 3.05) is 4.90 Å². The predicted molar refractivity (Wildman–Crippen MR) is 90.1 cm³/mol. The Labute approximate surface area is 149 Å². The molecule has 4 atom stereocenters. The van der Waals surface area contributed by atoms with E-state index in [1.165, 1.54) is 4.90 Å². The molecule has 7 heteroatoms. The third-order valence-electron chi connectivity index (χ3n) is 5.43. The number of nitrogens with zero attached hydrogens (tertiary/aromatic N) is 3. The Morgan fingerprint density at radius 2 is 1.76 bits per heavy atom. The van der Waals surface area contributed by atoms with Gasteiger partial charge < -0.3 is 4.74 Å². The van der Waals surface area contributed by atoms with E-state index in [0.29, 0.717) is 17.4 Å². The van der Waals surface area contributed by atoms with E-state index in [2.05, 4.69) is 5.10 Å². The fourth-order valence-corrected chi connectivity index (χ4v) is 4.49. The monoisotopic (exact) mass is 357 g/mol. The van der Waals surface area contributed by atoms with Crippen LogP contribution in [0.1, 0.15) is 18.4 Å². The summed E-state index contributed by atoms with van der Waals surface area (Å²) in [6.07, 6.45) is 3.26. The Balaban J connectivity index is 1.41. The zero-order valence-corrected chi connectivity index (χ0v) is 14.1. The third kappa shape index (κ3) is 2.17. The Bertz CT molecular complexity index is 852. The summed E-state index contributed by atoms with van der Waals surface area (Å²) in [6.45, 7) is 0.483. The molecule has 0 spiro atoms. The first-order chi connectivity index (χ1) is 12.1. The lowest BCUT2D eigenvalue weighted by atomic mass is 9.81. The zero-order chi connectivity index (χ0) is 17.1. The highest BCUT2D eigenvalue weighted by atomic mass is 35.5. The molecule has 1 aromatic carbocycles. The first kappa shape index (κ1) is 15.1. The maximum absolute atomic E-state index is 12.8. The summed E-state index contributed by atoms with van der Waals surface area (Å²) in [5, 5.41) is 5.09. The van der Waals surface area contributed by atoms with Crippen LogP contribution in [0.15, 0.2) is 36.5 Å². The molecule has 6 nitrogen and oxygen atoms in total. The van der Waals surface area contributed by atoms with Crippen LogP contribution in [0, 0.1) is 11.8 Å². The molecule has 2 bridgehead atoms. The molecular weight excluding hydrogens is 342 g/mol. The Morgan fingerprint density at radius 3 is 2.44 bits per heavy atom. The maximum atomic E-state index is 12.8. The molecule has 3 aliphatic rings. The van der Waals surface area contributed by atoms with Crippen LogP contribution in [0.25, 0.3) is 0 Å². The van der Waals surface area contributed by atoms with Crippen LogP contribution in [0.5, 0.6) is 0 Å². The summed E-state index contributed by atoms with van der Waals surface area (Å²) in [4.78, 5) is 26.8. The third-order valence-corrected chi connectivity index (χ3v) is 5.80. The molecule has 0 aliphatic carbocycles. The highest BCUT2D eigenvalue weighted by Gasteiger charge is 2.63. The smallest absolute Gasteiger partial charge is 0.241 e. The molecule has 3 fully saturated rings. The van der Waals surface area contributed by atoms with Gasteiger partial charge in [-0.25, -0.2) is 4.90 Å². The normalized spacial score (nSPS) is 30.4. The van der Waals surface area contributed by atoms with Crippen LogP contribution < -0.4 is 4.90 Å². The van der Waals surface area contributed by atoms with E-state index < -0.39 is 0 Å². The average Bonchev–Trinajstić information content (AvgIpc) is 3.35. The molecule has 2 aromatic rings. The summed E-state index contributed by atoms with van der Waals surface area (Å²) in [5.41, 5.74) is 0.932. The highest BCUT2D eigenvalue weighted by Crippen LogP contribution is 2.49. The summed E-state index contributed by atoms with van der Waals surface area (Å²) < 4.78 is 7.44. The molecule has 2 amide bonds. The van der Waals surface area contributed by atoms with Gasteiger partial charge in [-0.05, 0) is 24.5 Å². The molecule has 3 aliphatic heterocycles. The van der Waals surface area contributed by atoms with E-state index in [-0.39, 0.29) is 35.9 Å². The quantitative estimate of drug-likeness (QED) is 0.790. The number of fused-ring (bicyclic) bond motifs is 5. The van der Waals surface area contributed by atoms with Gasteiger partial charge >= 0.3 is 0 Å². The Morgan fingerprint density at radius 1 is 1.08 bits per heavy atom. The van der Waals surface area contributed by atoms with E-state index in [1.54, 1.807) is 16.9 Å². The molecule has 3 saturated heterocycles. The molecule has 128 valence electrons. The fraction of sp³-hybridized carbons (Fsp3) is 0.389. The molecule has 0 saturated carbocycles. The predicted octanol–water partition coefficient (Wildman–Crippen LogP) is 2.25. The molecule has 0 unspecified atom stereocenters. The van der Waals surface area contributed by atoms with E-state index in [1.807, 2.05) is 24.3 Å². The van der Waals surface area contributed by atoms with Crippen molar-refractivity contribution < 1.29 is 14.3 Å². The van der Waals surface area contributed by atoms with Crippen LogP contribution >= 0.6 is 11.6 Å². The van der Waals surface area contributed by atoms with Crippen molar-refractivity contribution in [1.29, 1.82) is 0 Å². The van der Waals surface area contributed by atoms with Crippen LogP contribution in [-0.2, 0) is 20.9 Å². The molecule has 1 aromatic heterocycles. The summed E-state index contributed by atoms with van der Waals surface area (Å²) in [7, 11) is 0. The molecular formula is C18H16ClN3O3. The lowest BCUT2D eigenvalue weighted by Gasteiger charge is -2.15. The topological polar surface area (TPSA) is 64.4 Å².